The minimum atomic E-state index is 1.13. The number of hydrogen-bond donors (Lipinski definition) is 0. The summed E-state index contributed by atoms with van der Waals surface area (Å²) in [5.74, 6) is 0. The van der Waals surface area contributed by atoms with E-state index in [9.17, 15) is 0 Å². The third-order valence-electron chi connectivity index (χ3n) is 3.27. The predicted molar refractivity (Wildman–Crippen MR) is 80.0 cm³/mol. The Morgan fingerprint density at radius 3 is 2.50 bits per heavy atom. The first kappa shape index (κ1) is 10.9. The van der Waals surface area contributed by atoms with E-state index in [2.05, 4.69) is 75.4 Å². The Labute approximate surface area is 109 Å². The number of benzene rings is 2. The van der Waals surface area contributed by atoms with Crippen LogP contribution in [0.2, 0.25) is 0 Å². The van der Waals surface area contributed by atoms with Crippen molar-refractivity contribution in [3.8, 4) is 11.1 Å². The number of rotatable bonds is 1. The lowest BCUT2D eigenvalue weighted by molar-refractivity contribution is 1.49. The fourth-order valence-corrected chi connectivity index (χ4v) is 2.39. The number of aryl methyl sites for hydroxylation is 1. The van der Waals surface area contributed by atoms with Crippen molar-refractivity contribution in [1.82, 2.24) is 0 Å². The van der Waals surface area contributed by atoms with Crippen molar-refractivity contribution < 1.29 is 0 Å². The minimum Gasteiger partial charge on any atom is -0.0768 e. The van der Waals surface area contributed by atoms with Crippen LogP contribution in [0.15, 0.2) is 48.5 Å². The standard InChI is InChI=1S/C17H13B/c1-12-7-8-13-9-10-15(18)11-16(13)17(12)14-5-3-2-4-6-14/h2-8,11H,18H2,1H3. The largest absolute Gasteiger partial charge is 0.150 e. The molecule has 0 aliphatic rings. The van der Waals surface area contributed by atoms with Gasteiger partial charge in [-0.1, -0.05) is 54.6 Å². The topological polar surface area (TPSA) is 0 Å². The van der Waals surface area contributed by atoms with E-state index in [0.29, 0.717) is 0 Å². The molecule has 0 N–H and O–H groups in total. The van der Waals surface area contributed by atoms with Crippen LogP contribution in [0.3, 0.4) is 0 Å². The third-order valence-corrected chi connectivity index (χ3v) is 3.27. The Morgan fingerprint density at radius 2 is 1.72 bits per heavy atom. The maximum absolute atomic E-state index is 3.23. The van der Waals surface area contributed by atoms with Gasteiger partial charge in [0.05, 0.1) is 0 Å². The first-order chi connectivity index (χ1) is 8.75. The maximum atomic E-state index is 3.23. The fraction of sp³-hybridized carbons (Fsp3) is 0.0588. The molecule has 0 nitrogen and oxygen atoms in total. The van der Waals surface area contributed by atoms with Crippen LogP contribution in [-0.2, 0) is 0 Å². The summed E-state index contributed by atoms with van der Waals surface area (Å²) >= 11 is 0. The lowest BCUT2D eigenvalue weighted by atomic mass is 9.90. The zero-order valence-electron chi connectivity index (χ0n) is 10.6. The van der Waals surface area contributed by atoms with Gasteiger partial charge in [0.25, 0.3) is 0 Å². The lowest BCUT2D eigenvalue weighted by Crippen LogP contribution is -1.99. The van der Waals surface area contributed by atoms with E-state index in [1.165, 1.54) is 22.1 Å². The molecule has 0 saturated heterocycles. The van der Waals surface area contributed by atoms with Gasteiger partial charge in [0.1, 0.15) is 0 Å². The van der Waals surface area contributed by atoms with Crippen LogP contribution >= 0.6 is 0 Å². The summed E-state index contributed by atoms with van der Waals surface area (Å²) in [7, 11) is 2.06. The van der Waals surface area contributed by atoms with Crippen LogP contribution in [0.25, 0.3) is 21.9 Å². The van der Waals surface area contributed by atoms with E-state index in [1.54, 1.807) is 0 Å². The molecule has 0 atom stereocenters. The van der Waals surface area contributed by atoms with Crippen molar-refractivity contribution in [1.29, 1.82) is 0 Å². The number of hydrogen-bond acceptors (Lipinski definition) is 0. The molecule has 0 aromatic heterocycles. The van der Waals surface area contributed by atoms with Crippen LogP contribution in [0, 0.1) is 19.1 Å². The Morgan fingerprint density at radius 1 is 0.944 bits per heavy atom. The highest BCUT2D eigenvalue weighted by atomic mass is 14.1. The first-order valence-corrected chi connectivity index (χ1v) is 6.15. The van der Waals surface area contributed by atoms with E-state index in [4.69, 9.17) is 0 Å². The summed E-state index contributed by atoms with van der Waals surface area (Å²) in [6.07, 6.45) is 0. The molecule has 0 amide bonds. The van der Waals surface area contributed by atoms with Gasteiger partial charge in [0.15, 0.2) is 7.85 Å². The molecule has 0 spiro atoms. The second kappa shape index (κ2) is 4.24. The molecule has 0 aliphatic carbocycles. The van der Waals surface area contributed by atoms with Gasteiger partial charge in [-0.15, -0.1) is 0 Å². The Balaban J connectivity index is 2.40. The predicted octanol–water partition coefficient (Wildman–Crippen LogP) is 2.67. The van der Waals surface area contributed by atoms with Crippen molar-refractivity contribution in [3.05, 3.63) is 66.2 Å². The first-order valence-electron chi connectivity index (χ1n) is 6.15. The molecule has 1 heteroatoms. The second-order valence-corrected chi connectivity index (χ2v) is 4.66. The third kappa shape index (κ3) is 1.77. The Kier molecular flexibility index (Phi) is 2.57. The van der Waals surface area contributed by atoms with Crippen molar-refractivity contribution in [2.24, 2.45) is 0 Å². The summed E-state index contributed by atoms with van der Waals surface area (Å²) in [5, 5.41) is 2.39. The fourth-order valence-electron chi connectivity index (χ4n) is 2.39. The normalized spacial score (nSPS) is 10.3. The van der Waals surface area contributed by atoms with Gasteiger partial charge in [-0.25, -0.2) is 0 Å². The van der Waals surface area contributed by atoms with Crippen LogP contribution < -0.4 is 5.46 Å². The molecule has 0 unspecified atom stereocenters. The summed E-state index contributed by atoms with van der Waals surface area (Å²) in [6, 6.07) is 23.4. The summed E-state index contributed by atoms with van der Waals surface area (Å²) < 4.78 is 0. The summed E-state index contributed by atoms with van der Waals surface area (Å²) in [5.41, 5.74) is 5.00. The van der Waals surface area contributed by atoms with Gasteiger partial charge in [-0.2, -0.15) is 0 Å². The van der Waals surface area contributed by atoms with E-state index in [-0.39, 0.29) is 0 Å². The monoisotopic (exact) mass is 228 g/mol. The molecule has 0 heterocycles. The zero-order chi connectivity index (χ0) is 12.5. The molecule has 0 saturated carbocycles. The molecular weight excluding hydrogens is 215 g/mol. The Bertz CT molecular complexity index is 694. The van der Waals surface area contributed by atoms with Gasteiger partial charge in [-0.05, 0) is 40.5 Å². The second-order valence-electron chi connectivity index (χ2n) is 4.66. The highest BCUT2D eigenvalue weighted by molar-refractivity contribution is 6.32. The van der Waals surface area contributed by atoms with Crippen molar-refractivity contribution >= 4 is 24.1 Å². The molecule has 3 aromatic carbocycles. The minimum absolute atomic E-state index is 1.13. The average Bonchev–Trinajstić information content (AvgIpc) is 2.39. The van der Waals surface area contributed by atoms with E-state index in [1.807, 2.05) is 0 Å². The average molecular weight is 228 g/mol. The molecule has 84 valence electrons. The van der Waals surface area contributed by atoms with Gasteiger partial charge in [-0.3, -0.25) is 0 Å². The van der Waals surface area contributed by atoms with Gasteiger partial charge in [0.2, 0.25) is 0 Å². The molecule has 0 radical (unpaired) electrons. The summed E-state index contributed by atoms with van der Waals surface area (Å²) in [4.78, 5) is 0. The van der Waals surface area contributed by atoms with E-state index >= 15 is 0 Å². The van der Waals surface area contributed by atoms with E-state index < -0.39 is 0 Å². The highest BCUT2D eigenvalue weighted by Gasteiger charge is 2.06. The van der Waals surface area contributed by atoms with Crippen molar-refractivity contribution in [2.75, 3.05) is 0 Å². The molecule has 0 fully saturated rings. The smallest absolute Gasteiger partial charge is 0.0768 e. The highest BCUT2D eigenvalue weighted by Crippen LogP contribution is 2.30. The SMILES string of the molecule is Bc1c#cc2ccc(C)c(-c3ccccc3)c2c1. The molecule has 3 aromatic rings. The molecule has 18 heavy (non-hydrogen) atoms. The van der Waals surface area contributed by atoms with Crippen LogP contribution in [0.5, 0.6) is 0 Å². The molecule has 3 rings (SSSR count). The van der Waals surface area contributed by atoms with Gasteiger partial charge < -0.3 is 0 Å². The number of fused-ring (bicyclic) bond motifs is 1. The quantitative estimate of drug-likeness (QED) is 0.562. The maximum Gasteiger partial charge on any atom is 0.150 e. The Hall–Kier alpha value is -2.20. The van der Waals surface area contributed by atoms with Crippen LogP contribution in [0.1, 0.15) is 5.56 Å². The lowest BCUT2D eigenvalue weighted by Gasteiger charge is -2.10. The van der Waals surface area contributed by atoms with Crippen LogP contribution in [0.4, 0.5) is 0 Å². The van der Waals surface area contributed by atoms with Crippen molar-refractivity contribution in [2.45, 2.75) is 6.92 Å². The molecule has 0 aliphatic heterocycles. The van der Waals surface area contributed by atoms with Gasteiger partial charge >= 0.3 is 0 Å². The van der Waals surface area contributed by atoms with Gasteiger partial charge in [0, 0.05) is 5.39 Å². The van der Waals surface area contributed by atoms with E-state index in [0.717, 1.165) is 10.8 Å². The summed E-state index contributed by atoms with van der Waals surface area (Å²) in [6.45, 7) is 2.16. The zero-order valence-corrected chi connectivity index (χ0v) is 10.6. The molecule has 0 bridgehead atoms. The van der Waals surface area contributed by atoms with Crippen molar-refractivity contribution in [3.63, 3.8) is 0 Å². The van der Waals surface area contributed by atoms with Crippen LogP contribution in [-0.4, -0.2) is 7.85 Å². The molecular formula is C17H13B.